The molecule has 2 heterocycles. The van der Waals surface area contributed by atoms with Crippen LogP contribution in [0.5, 0.6) is 5.75 Å². The molecule has 128 valence electrons. The molecule has 0 bridgehead atoms. The number of ether oxygens (including phenoxy) is 1. The minimum absolute atomic E-state index is 0.00118. The fraction of sp³-hybridized carbons (Fsp3) is 0.353. The molecule has 1 amide bonds. The summed E-state index contributed by atoms with van der Waals surface area (Å²) < 4.78 is 5.30. The molecule has 25 heavy (non-hydrogen) atoms. The first kappa shape index (κ1) is 16.0. The van der Waals surface area contributed by atoms with Gasteiger partial charge in [0.1, 0.15) is 5.75 Å². The monoisotopic (exact) mass is 356 g/mol. The largest absolute Gasteiger partial charge is 0.482 e. The maximum absolute atomic E-state index is 12.4. The molecule has 0 radical (unpaired) electrons. The molecule has 2 aromatic rings. The highest BCUT2D eigenvalue weighted by Gasteiger charge is 2.19. The molecule has 0 unspecified atom stereocenters. The summed E-state index contributed by atoms with van der Waals surface area (Å²) in [5.74, 6) is 0.508. The number of amides is 1. The van der Waals surface area contributed by atoms with Gasteiger partial charge >= 0.3 is 0 Å². The van der Waals surface area contributed by atoms with Crippen molar-refractivity contribution in [1.29, 1.82) is 0 Å². The summed E-state index contributed by atoms with van der Waals surface area (Å²) in [6.45, 7) is -0.00118. The van der Waals surface area contributed by atoms with Crippen LogP contribution in [0.2, 0.25) is 0 Å². The van der Waals surface area contributed by atoms with Crippen LogP contribution in [-0.2, 0) is 17.6 Å². The third-order valence-electron chi connectivity index (χ3n) is 4.16. The first-order valence-corrected chi connectivity index (χ1v) is 9.13. The quantitative estimate of drug-likeness (QED) is 0.662. The third-order valence-corrected chi connectivity index (χ3v) is 5.00. The number of aromatic nitrogens is 3. The van der Waals surface area contributed by atoms with Crippen molar-refractivity contribution in [2.45, 2.75) is 30.8 Å². The molecule has 2 aliphatic rings. The van der Waals surface area contributed by atoms with Gasteiger partial charge in [0.2, 0.25) is 5.16 Å². The van der Waals surface area contributed by atoms with Crippen LogP contribution in [0.3, 0.4) is 0 Å². The predicted molar refractivity (Wildman–Crippen MR) is 92.1 cm³/mol. The normalized spacial score (nSPS) is 15.6. The van der Waals surface area contributed by atoms with Crippen LogP contribution in [0, 0.1) is 0 Å². The summed E-state index contributed by atoms with van der Waals surface area (Å²) in [7, 11) is 0. The van der Waals surface area contributed by atoms with E-state index in [4.69, 9.17) is 4.74 Å². The molecular weight excluding hydrogens is 340 g/mol. The number of ketones is 1. The number of rotatable bonds is 4. The van der Waals surface area contributed by atoms with Gasteiger partial charge in [-0.1, -0.05) is 11.8 Å². The summed E-state index contributed by atoms with van der Waals surface area (Å²) in [6, 6.07) is 5.04. The van der Waals surface area contributed by atoms with E-state index >= 15 is 0 Å². The molecule has 7 nitrogen and oxygen atoms in total. The Bertz CT molecular complexity index is 856. The van der Waals surface area contributed by atoms with Gasteiger partial charge < -0.3 is 10.1 Å². The molecule has 1 aliphatic carbocycles. The number of fused-ring (bicyclic) bond motifs is 2. The van der Waals surface area contributed by atoms with Crippen molar-refractivity contribution in [3.8, 4) is 5.75 Å². The number of aryl methyl sites for hydroxylation is 2. The van der Waals surface area contributed by atoms with E-state index in [1.165, 1.54) is 11.8 Å². The molecule has 0 spiro atoms. The van der Waals surface area contributed by atoms with Crippen molar-refractivity contribution in [2.75, 3.05) is 17.7 Å². The Morgan fingerprint density at radius 3 is 2.92 bits per heavy atom. The molecule has 4 rings (SSSR count). The van der Waals surface area contributed by atoms with E-state index in [0.717, 1.165) is 37.1 Å². The second-order valence-corrected chi connectivity index (χ2v) is 6.90. The fourth-order valence-corrected chi connectivity index (χ4v) is 3.57. The van der Waals surface area contributed by atoms with E-state index in [9.17, 15) is 9.59 Å². The average molecular weight is 356 g/mol. The minimum atomic E-state index is -0.222. The molecule has 1 aromatic carbocycles. The molecule has 0 saturated heterocycles. The number of carbonyl (C=O) groups is 2. The van der Waals surface area contributed by atoms with Gasteiger partial charge in [-0.3, -0.25) is 9.59 Å². The van der Waals surface area contributed by atoms with Crippen LogP contribution in [-0.4, -0.2) is 39.2 Å². The lowest BCUT2D eigenvalue weighted by Crippen LogP contribution is -2.25. The van der Waals surface area contributed by atoms with Gasteiger partial charge in [-0.2, -0.15) is 5.10 Å². The Morgan fingerprint density at radius 2 is 2.04 bits per heavy atom. The SMILES string of the molecule is O=C1COc2ccc(C(=O)CSc3nnc4c(n3)CCCC4)cc2N1. The van der Waals surface area contributed by atoms with Crippen molar-refractivity contribution in [3.05, 3.63) is 35.2 Å². The van der Waals surface area contributed by atoms with Crippen LogP contribution < -0.4 is 10.1 Å². The lowest BCUT2D eigenvalue weighted by molar-refractivity contribution is -0.118. The molecule has 8 heteroatoms. The molecule has 1 N–H and O–H groups in total. The van der Waals surface area contributed by atoms with Gasteiger partial charge in [-0.15, -0.1) is 5.10 Å². The number of hydrogen-bond acceptors (Lipinski definition) is 7. The van der Waals surface area contributed by atoms with E-state index in [0.29, 0.717) is 22.2 Å². The number of nitrogens with one attached hydrogen (secondary N) is 1. The number of anilines is 1. The Hall–Kier alpha value is -2.48. The van der Waals surface area contributed by atoms with E-state index in [1.807, 2.05) is 0 Å². The van der Waals surface area contributed by atoms with Crippen LogP contribution >= 0.6 is 11.8 Å². The third kappa shape index (κ3) is 3.48. The Balaban J connectivity index is 1.44. The maximum Gasteiger partial charge on any atom is 0.262 e. The van der Waals surface area contributed by atoms with Crippen LogP contribution in [0.15, 0.2) is 23.4 Å². The summed E-state index contributed by atoms with van der Waals surface area (Å²) in [5.41, 5.74) is 3.03. The molecule has 0 atom stereocenters. The lowest BCUT2D eigenvalue weighted by atomic mass is 10.0. The highest BCUT2D eigenvalue weighted by molar-refractivity contribution is 7.99. The minimum Gasteiger partial charge on any atom is -0.482 e. The smallest absolute Gasteiger partial charge is 0.262 e. The molecule has 1 aromatic heterocycles. The first-order valence-electron chi connectivity index (χ1n) is 8.14. The zero-order chi connectivity index (χ0) is 17.2. The zero-order valence-electron chi connectivity index (χ0n) is 13.4. The van der Waals surface area contributed by atoms with Gasteiger partial charge in [0, 0.05) is 5.56 Å². The van der Waals surface area contributed by atoms with Crippen molar-refractivity contribution in [2.24, 2.45) is 0 Å². The van der Waals surface area contributed by atoms with E-state index in [1.54, 1.807) is 18.2 Å². The fourth-order valence-electron chi connectivity index (χ4n) is 2.87. The topological polar surface area (TPSA) is 94.1 Å². The van der Waals surface area contributed by atoms with Crippen molar-refractivity contribution in [3.63, 3.8) is 0 Å². The Morgan fingerprint density at radius 1 is 1.20 bits per heavy atom. The van der Waals surface area contributed by atoms with Gasteiger partial charge in [-0.05, 0) is 43.9 Å². The highest BCUT2D eigenvalue weighted by atomic mass is 32.2. The summed E-state index contributed by atoms with van der Waals surface area (Å²) in [6.07, 6.45) is 4.11. The zero-order valence-corrected chi connectivity index (χ0v) is 14.3. The van der Waals surface area contributed by atoms with E-state index in [-0.39, 0.29) is 24.1 Å². The van der Waals surface area contributed by atoms with Gasteiger partial charge in [0.25, 0.3) is 5.91 Å². The van der Waals surface area contributed by atoms with Gasteiger partial charge in [-0.25, -0.2) is 4.98 Å². The van der Waals surface area contributed by atoms with Crippen molar-refractivity contribution < 1.29 is 14.3 Å². The molecule has 1 aliphatic heterocycles. The first-order chi connectivity index (χ1) is 12.2. The van der Waals surface area contributed by atoms with Crippen molar-refractivity contribution in [1.82, 2.24) is 15.2 Å². The Labute approximate surface area is 148 Å². The molecular formula is C17H16N4O3S. The number of nitrogens with zero attached hydrogens (tertiary/aromatic N) is 3. The predicted octanol–water partition coefficient (Wildman–Crippen LogP) is 2.06. The highest BCUT2D eigenvalue weighted by Crippen LogP contribution is 2.29. The number of carbonyl (C=O) groups excluding carboxylic acids is 2. The van der Waals surface area contributed by atoms with Gasteiger partial charge in [0.15, 0.2) is 12.4 Å². The second-order valence-electron chi connectivity index (χ2n) is 5.95. The van der Waals surface area contributed by atoms with E-state index < -0.39 is 0 Å². The summed E-state index contributed by atoms with van der Waals surface area (Å²) in [5, 5.41) is 11.6. The lowest BCUT2D eigenvalue weighted by Gasteiger charge is -2.18. The molecule has 0 fully saturated rings. The second kappa shape index (κ2) is 6.79. The van der Waals surface area contributed by atoms with Crippen molar-refractivity contribution >= 4 is 29.1 Å². The number of thioether (sulfide) groups is 1. The van der Waals surface area contributed by atoms with Gasteiger partial charge in [0.05, 0.1) is 22.8 Å². The molecule has 0 saturated carbocycles. The van der Waals surface area contributed by atoms with E-state index in [2.05, 4.69) is 20.5 Å². The summed E-state index contributed by atoms with van der Waals surface area (Å²) >= 11 is 1.28. The Kier molecular flexibility index (Phi) is 4.35. The maximum atomic E-state index is 12.4. The number of Topliss-reactive ketones (excluding diaryl/α,β-unsaturated/α-hetero) is 1. The number of hydrogen-bond donors (Lipinski definition) is 1. The van der Waals surface area contributed by atoms with Crippen LogP contribution in [0.25, 0.3) is 0 Å². The average Bonchev–Trinajstić information content (AvgIpc) is 2.65. The van der Waals surface area contributed by atoms with Crippen LogP contribution in [0.1, 0.15) is 34.6 Å². The standard InChI is InChI=1S/C17H16N4O3S/c22-14(10-5-6-15-13(7-10)18-16(23)8-24-15)9-25-17-19-11-3-1-2-4-12(11)20-21-17/h5-7H,1-4,8-9H2,(H,18,23). The summed E-state index contributed by atoms with van der Waals surface area (Å²) in [4.78, 5) is 28.3. The number of benzene rings is 1. The van der Waals surface area contributed by atoms with Crippen LogP contribution in [0.4, 0.5) is 5.69 Å².